The molecule has 0 bridgehead atoms. The number of hydrogen-bond donors (Lipinski definition) is 2. The Bertz CT molecular complexity index is 1000. The lowest BCUT2D eigenvalue weighted by atomic mass is 9.97. The van der Waals surface area contributed by atoms with Crippen LogP contribution in [0.3, 0.4) is 0 Å². The van der Waals surface area contributed by atoms with Crippen molar-refractivity contribution in [2.45, 2.75) is 58.3 Å². The minimum absolute atomic E-state index is 0.0406. The summed E-state index contributed by atoms with van der Waals surface area (Å²) in [6, 6.07) is 6.86. The first-order chi connectivity index (χ1) is 17.0. The highest BCUT2D eigenvalue weighted by atomic mass is 35.5. The van der Waals surface area contributed by atoms with Gasteiger partial charge in [0.05, 0.1) is 6.21 Å². The fraction of sp³-hybridized carbons (Fsp3) is 0.455. The predicted molar refractivity (Wildman–Crippen MR) is 130 cm³/mol. The van der Waals surface area contributed by atoms with Crippen LogP contribution in [0.5, 0.6) is 0 Å². The zero-order valence-electron chi connectivity index (χ0n) is 19.9. The topological polar surface area (TPSA) is 151 Å². The van der Waals surface area contributed by atoms with E-state index in [0.29, 0.717) is 5.02 Å². The second-order valence-electron chi connectivity index (χ2n) is 7.51. The molecular weight excluding hydrogens is 518 g/mol. The summed E-state index contributed by atoms with van der Waals surface area (Å²) in [5.74, 6) is -2.82. The van der Waals surface area contributed by atoms with Gasteiger partial charge in [0.2, 0.25) is 0 Å². The van der Waals surface area contributed by atoms with E-state index in [-0.39, 0.29) is 11.7 Å². The number of carbonyl (C=O) groups excluding carboxylic acids is 4. The van der Waals surface area contributed by atoms with E-state index < -0.39 is 54.5 Å². The summed E-state index contributed by atoms with van der Waals surface area (Å²) in [4.78, 5) is 46.9. The van der Waals surface area contributed by atoms with Gasteiger partial charge in [-0.2, -0.15) is 5.10 Å². The predicted octanol–water partition coefficient (Wildman–Crippen LogP) is 1.22. The Morgan fingerprint density at radius 2 is 1.50 bits per heavy atom. The summed E-state index contributed by atoms with van der Waals surface area (Å²) in [7, 11) is 0. The average Bonchev–Trinajstić information content (AvgIpc) is 2.77. The van der Waals surface area contributed by atoms with Crippen LogP contribution in [-0.2, 0) is 42.9 Å². The fourth-order valence-electron chi connectivity index (χ4n) is 3.22. The van der Waals surface area contributed by atoms with Crippen molar-refractivity contribution < 1.29 is 42.9 Å². The Morgan fingerprint density at radius 3 is 2.06 bits per heavy atom. The molecule has 2 N–H and O–H groups in total. The number of rotatable bonds is 8. The molecule has 1 aromatic rings. The number of halogens is 1. The van der Waals surface area contributed by atoms with Gasteiger partial charge in [0, 0.05) is 32.7 Å². The number of carbonyl (C=O) groups is 4. The number of esters is 4. The van der Waals surface area contributed by atoms with Crippen LogP contribution in [-0.4, -0.2) is 72.5 Å². The lowest BCUT2D eigenvalue weighted by molar-refractivity contribution is -0.254. The lowest BCUT2D eigenvalue weighted by Crippen LogP contribution is -2.66. The smallest absolute Gasteiger partial charge is 0.303 e. The first-order valence-corrected chi connectivity index (χ1v) is 11.4. The molecule has 5 atom stereocenters. The van der Waals surface area contributed by atoms with Gasteiger partial charge in [0.25, 0.3) is 0 Å². The summed E-state index contributed by atoms with van der Waals surface area (Å²) in [6.45, 7) is 4.23. The van der Waals surface area contributed by atoms with E-state index in [0.717, 1.165) is 26.3 Å². The minimum Gasteiger partial charge on any atom is -0.463 e. The van der Waals surface area contributed by atoms with Gasteiger partial charge in [-0.15, -0.1) is 0 Å². The largest absolute Gasteiger partial charge is 0.463 e. The van der Waals surface area contributed by atoms with E-state index in [2.05, 4.69) is 15.8 Å². The van der Waals surface area contributed by atoms with Crippen LogP contribution in [0.25, 0.3) is 0 Å². The number of hydrazone groups is 1. The van der Waals surface area contributed by atoms with E-state index >= 15 is 0 Å². The number of thiocarbonyl (C=S) groups is 1. The monoisotopic (exact) mass is 543 g/mol. The second-order valence-corrected chi connectivity index (χ2v) is 8.36. The molecule has 1 heterocycles. The van der Waals surface area contributed by atoms with E-state index in [4.69, 9.17) is 47.5 Å². The fourth-order valence-corrected chi connectivity index (χ4v) is 3.52. The molecule has 0 aromatic heterocycles. The lowest BCUT2D eigenvalue weighted by Gasteiger charge is -2.44. The maximum Gasteiger partial charge on any atom is 0.303 e. The van der Waals surface area contributed by atoms with Crippen LogP contribution in [0.15, 0.2) is 29.4 Å². The molecule has 1 aliphatic rings. The van der Waals surface area contributed by atoms with Crippen molar-refractivity contribution in [3.63, 3.8) is 0 Å². The third-order valence-corrected chi connectivity index (χ3v) is 4.98. The first-order valence-electron chi connectivity index (χ1n) is 10.6. The molecule has 0 aliphatic carbocycles. The quantitative estimate of drug-likeness (QED) is 0.159. The molecule has 0 unspecified atom stereocenters. The Morgan fingerprint density at radius 1 is 0.944 bits per heavy atom. The van der Waals surface area contributed by atoms with Crippen LogP contribution in [0, 0.1) is 0 Å². The zero-order valence-corrected chi connectivity index (χ0v) is 21.5. The molecule has 196 valence electrons. The number of nitrogens with zero attached hydrogens (tertiary/aromatic N) is 1. The van der Waals surface area contributed by atoms with Gasteiger partial charge in [-0.05, 0) is 29.9 Å². The van der Waals surface area contributed by atoms with Gasteiger partial charge in [-0.25, -0.2) is 0 Å². The average molecular weight is 544 g/mol. The van der Waals surface area contributed by atoms with Gasteiger partial charge >= 0.3 is 23.9 Å². The van der Waals surface area contributed by atoms with Gasteiger partial charge in [-0.3, -0.25) is 24.6 Å². The van der Waals surface area contributed by atoms with Crippen molar-refractivity contribution in [2.24, 2.45) is 5.10 Å². The zero-order chi connectivity index (χ0) is 26.8. The van der Waals surface area contributed by atoms with Crippen molar-refractivity contribution in [3.8, 4) is 0 Å². The van der Waals surface area contributed by atoms with E-state index in [1.165, 1.54) is 13.1 Å². The van der Waals surface area contributed by atoms with Gasteiger partial charge in [-0.1, -0.05) is 23.7 Å². The maximum absolute atomic E-state index is 11.9. The van der Waals surface area contributed by atoms with E-state index in [1.54, 1.807) is 24.3 Å². The summed E-state index contributed by atoms with van der Waals surface area (Å²) in [5.41, 5.74) is 3.33. The number of benzene rings is 1. The van der Waals surface area contributed by atoms with Crippen molar-refractivity contribution >= 4 is 59.0 Å². The van der Waals surface area contributed by atoms with E-state index in [1.807, 2.05) is 0 Å². The molecule has 0 amide bonds. The third kappa shape index (κ3) is 9.40. The van der Waals surface area contributed by atoms with Crippen LogP contribution < -0.4 is 10.7 Å². The van der Waals surface area contributed by atoms with Crippen LogP contribution in [0.2, 0.25) is 5.02 Å². The molecule has 1 aromatic carbocycles. The molecule has 2 rings (SSSR count). The SMILES string of the molecule is CC(=O)OC[C@H]1O[C@@H](NC(=S)N/N=C/c2ccc(Cl)cc2)[C@H](OC(C)=O)[C@@H](OC(C)=O)[C@H]1OC(C)=O. The van der Waals surface area contributed by atoms with Gasteiger partial charge in [0.1, 0.15) is 12.7 Å². The highest BCUT2D eigenvalue weighted by molar-refractivity contribution is 7.80. The van der Waals surface area contributed by atoms with Gasteiger partial charge in [0.15, 0.2) is 29.7 Å². The van der Waals surface area contributed by atoms with Gasteiger partial charge < -0.3 is 29.0 Å². The van der Waals surface area contributed by atoms with Crippen LogP contribution >= 0.6 is 23.8 Å². The molecule has 1 fully saturated rings. The third-order valence-electron chi connectivity index (χ3n) is 4.51. The van der Waals surface area contributed by atoms with Crippen LogP contribution in [0.4, 0.5) is 0 Å². The Labute approximate surface area is 217 Å². The molecule has 0 saturated carbocycles. The Balaban J connectivity index is 2.27. The molecule has 1 aliphatic heterocycles. The summed E-state index contributed by atoms with van der Waals surface area (Å²) in [6.07, 6.45) is -4.72. The number of nitrogens with one attached hydrogen (secondary N) is 2. The standard InChI is InChI=1S/C22H26ClN3O9S/c1-11(27)31-10-17-18(32-12(2)28)19(33-13(3)29)20(34-14(4)30)21(35-17)25-22(36)26-24-9-15-5-7-16(23)8-6-15/h5-9,17-21H,10H2,1-4H3,(H2,25,26,36)/b24-9+/t17-,18+,19+,20-,21-/m1/s1. The molecule has 36 heavy (non-hydrogen) atoms. The highest BCUT2D eigenvalue weighted by Crippen LogP contribution is 2.28. The molecule has 14 heteroatoms. The number of hydrogen-bond acceptors (Lipinski definition) is 11. The van der Waals surface area contributed by atoms with Crippen molar-refractivity contribution in [3.05, 3.63) is 34.9 Å². The molecular formula is C22H26ClN3O9S. The van der Waals surface area contributed by atoms with Crippen LogP contribution in [0.1, 0.15) is 33.3 Å². The van der Waals surface area contributed by atoms with E-state index in [9.17, 15) is 19.2 Å². The summed E-state index contributed by atoms with van der Waals surface area (Å²) < 4.78 is 26.9. The second kappa shape index (κ2) is 13.7. The highest BCUT2D eigenvalue weighted by Gasteiger charge is 2.52. The first kappa shape index (κ1) is 28.9. The summed E-state index contributed by atoms with van der Waals surface area (Å²) >= 11 is 11.1. The molecule has 0 spiro atoms. The molecule has 0 radical (unpaired) electrons. The molecule has 1 saturated heterocycles. The maximum atomic E-state index is 11.9. The Kier molecular flexibility index (Phi) is 11.0. The number of ether oxygens (including phenoxy) is 5. The minimum atomic E-state index is -1.32. The molecule has 12 nitrogen and oxygen atoms in total. The van der Waals surface area contributed by atoms with Crippen molar-refractivity contribution in [1.29, 1.82) is 0 Å². The normalized spacial score (nSPS) is 23.3. The summed E-state index contributed by atoms with van der Waals surface area (Å²) in [5, 5.41) is 7.32. The van der Waals surface area contributed by atoms with Crippen molar-refractivity contribution in [2.75, 3.05) is 6.61 Å². The van der Waals surface area contributed by atoms with Crippen molar-refractivity contribution in [1.82, 2.24) is 10.7 Å². The Hall–Kier alpha value is -3.29.